The Labute approximate surface area is 200 Å². The van der Waals surface area contributed by atoms with Gasteiger partial charge in [0.05, 0.1) is 27.0 Å². The van der Waals surface area contributed by atoms with Crippen LogP contribution in [0.1, 0.15) is 40.6 Å². The Morgan fingerprint density at radius 3 is 2.42 bits per heavy atom. The molecule has 31 heavy (non-hydrogen) atoms. The van der Waals surface area contributed by atoms with Gasteiger partial charge >= 0.3 is 6.18 Å². The highest BCUT2D eigenvalue weighted by molar-refractivity contribution is 7.80. The summed E-state index contributed by atoms with van der Waals surface area (Å²) in [5.74, 6) is -1.86. The maximum atomic E-state index is 13.7. The largest absolute Gasteiger partial charge is 0.399 e. The number of alkyl halides is 3. The molecular formula is C22H20Cl3F3N2S. The zero-order valence-corrected chi connectivity index (χ0v) is 19.8. The SMILES string of the molecule is CNC(=S)N(C)C1CCc2cc(/C=C/C(c3cc(Cl)c(Cl)c(Cl)c3)C(F)(F)F)ccc21. The summed E-state index contributed by atoms with van der Waals surface area (Å²) in [5.41, 5.74) is 2.88. The van der Waals surface area contributed by atoms with Gasteiger partial charge in [-0.05, 0) is 59.4 Å². The van der Waals surface area contributed by atoms with Gasteiger partial charge in [-0.1, -0.05) is 65.2 Å². The minimum absolute atomic E-state index is 0.0148. The number of halogens is 6. The molecule has 0 aromatic heterocycles. The molecule has 0 amide bonds. The van der Waals surface area contributed by atoms with Crippen molar-refractivity contribution in [1.29, 1.82) is 0 Å². The van der Waals surface area contributed by atoms with E-state index in [0.29, 0.717) is 10.7 Å². The molecular weight excluding hydrogens is 488 g/mol. The van der Waals surface area contributed by atoms with Gasteiger partial charge in [0.1, 0.15) is 0 Å². The molecule has 0 bridgehead atoms. The normalized spacial score (nSPS) is 17.0. The number of aryl methyl sites for hydroxylation is 1. The van der Waals surface area contributed by atoms with Gasteiger partial charge in [-0.25, -0.2) is 0 Å². The van der Waals surface area contributed by atoms with Crippen molar-refractivity contribution in [2.45, 2.75) is 31.0 Å². The zero-order chi connectivity index (χ0) is 22.9. The summed E-state index contributed by atoms with van der Waals surface area (Å²) in [6.45, 7) is 0. The van der Waals surface area contributed by atoms with Crippen molar-refractivity contribution < 1.29 is 13.2 Å². The topological polar surface area (TPSA) is 15.3 Å². The summed E-state index contributed by atoms with van der Waals surface area (Å²) in [4.78, 5) is 2.00. The van der Waals surface area contributed by atoms with Crippen molar-refractivity contribution >= 4 is 58.2 Å². The van der Waals surface area contributed by atoms with Crippen LogP contribution in [0.15, 0.2) is 36.4 Å². The van der Waals surface area contributed by atoms with Gasteiger partial charge in [-0.15, -0.1) is 0 Å². The zero-order valence-electron chi connectivity index (χ0n) is 16.7. The summed E-state index contributed by atoms with van der Waals surface area (Å²) in [6, 6.07) is 8.25. The lowest BCUT2D eigenvalue weighted by molar-refractivity contribution is -0.139. The molecule has 1 N–H and O–H groups in total. The van der Waals surface area contributed by atoms with Crippen LogP contribution in [0.3, 0.4) is 0 Å². The number of benzene rings is 2. The van der Waals surface area contributed by atoms with E-state index in [1.807, 2.05) is 30.1 Å². The molecule has 0 heterocycles. The van der Waals surface area contributed by atoms with Crippen LogP contribution in [0.2, 0.25) is 15.1 Å². The second-order valence-corrected chi connectivity index (χ2v) is 8.93. The third-order valence-corrected chi connectivity index (χ3v) is 7.10. The molecule has 2 unspecified atom stereocenters. The summed E-state index contributed by atoms with van der Waals surface area (Å²) in [5, 5.41) is 3.62. The lowest BCUT2D eigenvalue weighted by atomic mass is 9.96. The van der Waals surface area contributed by atoms with Crippen molar-refractivity contribution in [3.8, 4) is 0 Å². The first-order valence-corrected chi connectivity index (χ1v) is 11.0. The van der Waals surface area contributed by atoms with E-state index in [4.69, 9.17) is 47.0 Å². The molecule has 1 aliphatic rings. The van der Waals surface area contributed by atoms with Gasteiger partial charge in [0.15, 0.2) is 5.11 Å². The van der Waals surface area contributed by atoms with Gasteiger partial charge < -0.3 is 10.2 Å². The fourth-order valence-electron chi connectivity index (χ4n) is 3.81. The quantitative estimate of drug-likeness (QED) is 0.342. The van der Waals surface area contributed by atoms with Crippen LogP contribution in [0.5, 0.6) is 0 Å². The predicted molar refractivity (Wildman–Crippen MR) is 126 cm³/mol. The average molecular weight is 508 g/mol. The van der Waals surface area contributed by atoms with Crippen molar-refractivity contribution in [1.82, 2.24) is 10.2 Å². The number of hydrogen-bond donors (Lipinski definition) is 1. The highest BCUT2D eigenvalue weighted by Crippen LogP contribution is 2.41. The Balaban J connectivity index is 1.89. The Morgan fingerprint density at radius 1 is 1.19 bits per heavy atom. The number of rotatable bonds is 4. The lowest BCUT2D eigenvalue weighted by Crippen LogP contribution is -2.36. The molecule has 1 aliphatic carbocycles. The van der Waals surface area contributed by atoms with E-state index in [1.165, 1.54) is 18.2 Å². The van der Waals surface area contributed by atoms with Gasteiger partial charge in [-0.2, -0.15) is 13.2 Å². The van der Waals surface area contributed by atoms with E-state index in [0.717, 1.165) is 30.0 Å². The maximum absolute atomic E-state index is 13.7. The molecule has 2 atom stereocenters. The van der Waals surface area contributed by atoms with Crippen molar-refractivity contribution in [3.05, 3.63) is 73.7 Å². The summed E-state index contributed by atoms with van der Waals surface area (Å²) in [7, 11) is 3.71. The highest BCUT2D eigenvalue weighted by Gasteiger charge is 2.39. The first-order chi connectivity index (χ1) is 14.5. The molecule has 2 nitrogen and oxygen atoms in total. The van der Waals surface area contributed by atoms with Crippen LogP contribution < -0.4 is 5.32 Å². The van der Waals surface area contributed by atoms with Gasteiger partial charge in [0, 0.05) is 14.1 Å². The first kappa shape index (κ1) is 24.2. The summed E-state index contributed by atoms with van der Waals surface area (Å²) in [6.07, 6.45) is -0.183. The van der Waals surface area contributed by atoms with Crippen LogP contribution >= 0.6 is 47.0 Å². The molecule has 3 rings (SSSR count). The van der Waals surface area contributed by atoms with Crippen molar-refractivity contribution in [3.63, 3.8) is 0 Å². The van der Waals surface area contributed by atoms with Crippen LogP contribution in [0.25, 0.3) is 6.08 Å². The lowest BCUT2D eigenvalue weighted by Gasteiger charge is -2.27. The Kier molecular flexibility index (Phi) is 7.47. The minimum Gasteiger partial charge on any atom is -0.366 e. The number of thiocarbonyl (C=S) groups is 1. The van der Waals surface area contributed by atoms with Crippen molar-refractivity contribution in [2.75, 3.05) is 14.1 Å². The molecule has 0 radical (unpaired) electrons. The average Bonchev–Trinajstić information content (AvgIpc) is 3.13. The number of allylic oxidation sites excluding steroid dienone is 1. The Hall–Kier alpha value is -1.47. The van der Waals surface area contributed by atoms with Gasteiger partial charge in [-0.3, -0.25) is 0 Å². The standard InChI is InChI=1S/C22H20Cl3F3N2S/c1-29-21(31)30(2)19-8-5-13-9-12(3-6-15(13)19)4-7-16(22(26,27)28)14-10-17(23)20(25)18(24)11-14/h3-4,6-7,9-11,16,19H,5,8H2,1-2H3,(H,29,31)/b7-4+. The number of hydrogen-bond acceptors (Lipinski definition) is 1. The first-order valence-electron chi connectivity index (χ1n) is 9.49. The fourth-order valence-corrected chi connectivity index (χ4v) is 4.55. The van der Waals surface area contributed by atoms with Crippen LogP contribution in [0.4, 0.5) is 13.2 Å². The molecule has 0 spiro atoms. The monoisotopic (exact) mass is 506 g/mol. The number of nitrogens with one attached hydrogen (secondary N) is 1. The third kappa shape index (κ3) is 5.30. The van der Waals surface area contributed by atoms with Crippen LogP contribution in [0, 0.1) is 0 Å². The van der Waals surface area contributed by atoms with Crippen LogP contribution in [-0.4, -0.2) is 30.3 Å². The second kappa shape index (κ2) is 9.57. The highest BCUT2D eigenvalue weighted by atomic mass is 35.5. The molecule has 0 saturated carbocycles. The van der Waals surface area contributed by atoms with Crippen molar-refractivity contribution in [2.24, 2.45) is 0 Å². The predicted octanol–water partition coefficient (Wildman–Crippen LogP) is 7.43. The van der Waals surface area contributed by atoms with E-state index in [2.05, 4.69) is 5.32 Å². The Morgan fingerprint density at radius 2 is 1.84 bits per heavy atom. The second-order valence-electron chi connectivity index (χ2n) is 7.36. The molecule has 9 heteroatoms. The third-order valence-electron chi connectivity index (χ3n) is 5.41. The molecule has 2 aromatic rings. The Bertz CT molecular complexity index is 1000. The molecule has 0 aliphatic heterocycles. The fraction of sp³-hybridized carbons (Fsp3) is 0.318. The molecule has 2 aromatic carbocycles. The number of nitrogens with zero attached hydrogens (tertiary/aromatic N) is 1. The van der Waals surface area contributed by atoms with E-state index in [-0.39, 0.29) is 26.7 Å². The number of fused-ring (bicyclic) bond motifs is 1. The van der Waals surface area contributed by atoms with Crippen LogP contribution in [-0.2, 0) is 6.42 Å². The van der Waals surface area contributed by atoms with E-state index < -0.39 is 12.1 Å². The van der Waals surface area contributed by atoms with E-state index in [1.54, 1.807) is 7.05 Å². The van der Waals surface area contributed by atoms with Gasteiger partial charge in [0.25, 0.3) is 0 Å². The molecule has 0 fully saturated rings. The van der Waals surface area contributed by atoms with E-state index >= 15 is 0 Å². The molecule has 0 saturated heterocycles. The summed E-state index contributed by atoms with van der Waals surface area (Å²) >= 11 is 23.1. The van der Waals surface area contributed by atoms with E-state index in [9.17, 15) is 13.2 Å². The summed E-state index contributed by atoms with van der Waals surface area (Å²) < 4.78 is 41.2. The smallest absolute Gasteiger partial charge is 0.366 e. The molecule has 166 valence electrons. The maximum Gasteiger partial charge on any atom is 0.399 e. The minimum atomic E-state index is -4.51. The van der Waals surface area contributed by atoms with Gasteiger partial charge in [0.2, 0.25) is 0 Å².